The molecule has 0 aromatic rings. The zero-order valence-corrected chi connectivity index (χ0v) is 7.16. The fourth-order valence-electron chi connectivity index (χ4n) is 2.85. The highest BCUT2D eigenvalue weighted by atomic mass is 16.5. The highest BCUT2D eigenvalue weighted by Crippen LogP contribution is 2.52. The third-order valence-electron chi connectivity index (χ3n) is 3.45. The van der Waals surface area contributed by atoms with E-state index in [1.807, 2.05) is 6.08 Å². The number of hydrogen-bond donors (Lipinski definition) is 0. The smallest absolute Gasteiger partial charge is 0.293 e. The van der Waals surface area contributed by atoms with Crippen molar-refractivity contribution in [3.05, 3.63) is 12.7 Å². The van der Waals surface area contributed by atoms with Gasteiger partial charge in [0.1, 0.15) is 5.60 Å². The molecule has 3 unspecified atom stereocenters. The SMILES string of the molecule is C=CC1(OC=O)CC2CCC1C2. The lowest BCUT2D eigenvalue weighted by atomic mass is 9.84. The van der Waals surface area contributed by atoms with Gasteiger partial charge in [-0.15, -0.1) is 0 Å². The van der Waals surface area contributed by atoms with Crippen LogP contribution in [0.4, 0.5) is 0 Å². The third kappa shape index (κ3) is 0.904. The Bertz CT molecular complexity index is 212. The summed E-state index contributed by atoms with van der Waals surface area (Å²) in [6.45, 7) is 4.34. The van der Waals surface area contributed by atoms with Crippen LogP contribution in [-0.4, -0.2) is 12.1 Å². The Balaban J connectivity index is 2.18. The Kier molecular flexibility index (Phi) is 1.71. The first-order valence-electron chi connectivity index (χ1n) is 4.56. The topological polar surface area (TPSA) is 26.3 Å². The molecule has 3 atom stereocenters. The van der Waals surface area contributed by atoms with Gasteiger partial charge in [-0.2, -0.15) is 0 Å². The lowest BCUT2D eigenvalue weighted by Gasteiger charge is -2.32. The van der Waals surface area contributed by atoms with Gasteiger partial charge in [0.15, 0.2) is 0 Å². The summed E-state index contributed by atoms with van der Waals surface area (Å²) in [6, 6.07) is 0. The number of hydrogen-bond acceptors (Lipinski definition) is 2. The van der Waals surface area contributed by atoms with E-state index in [0.29, 0.717) is 12.4 Å². The molecule has 2 fully saturated rings. The van der Waals surface area contributed by atoms with Gasteiger partial charge < -0.3 is 4.74 Å². The van der Waals surface area contributed by atoms with Crippen LogP contribution in [0, 0.1) is 11.8 Å². The molecule has 2 aliphatic rings. The molecule has 0 spiro atoms. The molecule has 0 N–H and O–H groups in total. The van der Waals surface area contributed by atoms with Crippen molar-refractivity contribution in [2.45, 2.75) is 31.3 Å². The van der Waals surface area contributed by atoms with Crippen LogP contribution in [0.5, 0.6) is 0 Å². The lowest BCUT2D eigenvalue weighted by Crippen LogP contribution is -2.35. The summed E-state index contributed by atoms with van der Waals surface area (Å²) < 4.78 is 5.17. The number of ether oxygens (including phenoxy) is 1. The van der Waals surface area contributed by atoms with Gasteiger partial charge in [-0.3, -0.25) is 4.79 Å². The maximum absolute atomic E-state index is 10.3. The van der Waals surface area contributed by atoms with E-state index >= 15 is 0 Å². The van der Waals surface area contributed by atoms with Crippen LogP contribution < -0.4 is 0 Å². The molecule has 66 valence electrons. The summed E-state index contributed by atoms with van der Waals surface area (Å²) in [5, 5.41) is 0. The fraction of sp³-hybridized carbons (Fsp3) is 0.700. The van der Waals surface area contributed by atoms with E-state index in [1.54, 1.807) is 0 Å². The molecule has 12 heavy (non-hydrogen) atoms. The average molecular weight is 166 g/mol. The maximum Gasteiger partial charge on any atom is 0.293 e. The molecule has 0 amide bonds. The second-order valence-electron chi connectivity index (χ2n) is 3.95. The molecular weight excluding hydrogens is 152 g/mol. The first kappa shape index (κ1) is 7.84. The van der Waals surface area contributed by atoms with E-state index in [4.69, 9.17) is 4.74 Å². The van der Waals surface area contributed by atoms with Gasteiger partial charge in [0.25, 0.3) is 6.47 Å². The van der Waals surface area contributed by atoms with E-state index in [0.717, 1.165) is 12.3 Å². The van der Waals surface area contributed by atoms with Gasteiger partial charge in [0.05, 0.1) is 0 Å². The van der Waals surface area contributed by atoms with Crippen LogP contribution in [-0.2, 0) is 9.53 Å². The Hall–Kier alpha value is -0.790. The fourth-order valence-corrected chi connectivity index (χ4v) is 2.85. The second kappa shape index (κ2) is 2.61. The van der Waals surface area contributed by atoms with E-state index in [9.17, 15) is 4.79 Å². The first-order chi connectivity index (χ1) is 5.80. The normalized spacial score (nSPS) is 44.3. The van der Waals surface area contributed by atoms with Gasteiger partial charge in [-0.25, -0.2) is 0 Å². The molecule has 0 saturated heterocycles. The van der Waals surface area contributed by atoms with Crippen LogP contribution in [0.25, 0.3) is 0 Å². The molecular formula is C10H14O2. The van der Waals surface area contributed by atoms with Crippen molar-refractivity contribution in [1.29, 1.82) is 0 Å². The standard InChI is InChI=1S/C10H14O2/c1-2-10(12-7-11)6-8-3-4-9(10)5-8/h2,7-9H,1,3-6H2. The van der Waals surface area contributed by atoms with E-state index in [2.05, 4.69) is 6.58 Å². The number of carbonyl (C=O) groups is 1. The van der Waals surface area contributed by atoms with Crippen molar-refractivity contribution < 1.29 is 9.53 Å². The summed E-state index contributed by atoms with van der Waals surface area (Å²) in [5.74, 6) is 1.32. The van der Waals surface area contributed by atoms with Crippen molar-refractivity contribution in [1.82, 2.24) is 0 Å². The Labute approximate surface area is 72.6 Å². The molecule has 0 heterocycles. The zero-order valence-electron chi connectivity index (χ0n) is 7.16. The molecule has 2 bridgehead atoms. The van der Waals surface area contributed by atoms with Crippen molar-refractivity contribution in [3.8, 4) is 0 Å². The summed E-state index contributed by atoms with van der Waals surface area (Å²) in [6.07, 6.45) is 6.55. The van der Waals surface area contributed by atoms with Crippen molar-refractivity contribution >= 4 is 6.47 Å². The van der Waals surface area contributed by atoms with Crippen LogP contribution in [0.1, 0.15) is 25.7 Å². The molecule has 2 rings (SSSR count). The monoisotopic (exact) mass is 166 g/mol. The molecule has 0 aliphatic heterocycles. The van der Waals surface area contributed by atoms with Gasteiger partial charge in [-0.1, -0.05) is 6.58 Å². The highest BCUT2D eigenvalue weighted by molar-refractivity contribution is 5.40. The number of rotatable bonds is 3. The molecule has 2 nitrogen and oxygen atoms in total. The highest BCUT2D eigenvalue weighted by Gasteiger charge is 2.50. The van der Waals surface area contributed by atoms with Crippen molar-refractivity contribution in [3.63, 3.8) is 0 Å². The van der Waals surface area contributed by atoms with Crippen LogP contribution in [0.15, 0.2) is 12.7 Å². The average Bonchev–Trinajstić information content (AvgIpc) is 2.64. The molecule has 2 saturated carbocycles. The van der Waals surface area contributed by atoms with Gasteiger partial charge >= 0.3 is 0 Å². The van der Waals surface area contributed by atoms with Crippen molar-refractivity contribution in [2.75, 3.05) is 0 Å². The maximum atomic E-state index is 10.3. The second-order valence-corrected chi connectivity index (χ2v) is 3.95. The minimum Gasteiger partial charge on any atom is -0.457 e. The van der Waals surface area contributed by atoms with E-state index in [1.165, 1.54) is 19.3 Å². The molecule has 0 aromatic carbocycles. The van der Waals surface area contributed by atoms with Crippen LogP contribution in [0.3, 0.4) is 0 Å². The summed E-state index contributed by atoms with van der Waals surface area (Å²) in [4.78, 5) is 10.3. The molecule has 0 aromatic heterocycles. The Morgan fingerprint density at radius 2 is 2.33 bits per heavy atom. The Morgan fingerprint density at radius 3 is 2.75 bits per heavy atom. The van der Waals surface area contributed by atoms with E-state index < -0.39 is 0 Å². The quantitative estimate of drug-likeness (QED) is 0.473. The minimum absolute atomic E-state index is 0.301. The van der Waals surface area contributed by atoms with Gasteiger partial charge in [-0.05, 0) is 37.7 Å². The van der Waals surface area contributed by atoms with Crippen LogP contribution in [0.2, 0.25) is 0 Å². The minimum atomic E-state index is -0.301. The predicted octanol–water partition coefficient (Wildman–Crippen LogP) is 1.90. The third-order valence-corrected chi connectivity index (χ3v) is 3.45. The predicted molar refractivity (Wildman–Crippen MR) is 45.5 cm³/mol. The molecule has 2 heteroatoms. The first-order valence-corrected chi connectivity index (χ1v) is 4.56. The van der Waals surface area contributed by atoms with Crippen LogP contribution >= 0.6 is 0 Å². The largest absolute Gasteiger partial charge is 0.457 e. The number of carbonyl (C=O) groups excluding carboxylic acids is 1. The van der Waals surface area contributed by atoms with E-state index in [-0.39, 0.29) is 5.60 Å². The zero-order chi connectivity index (χ0) is 8.60. The summed E-state index contributed by atoms with van der Waals surface area (Å²) >= 11 is 0. The lowest BCUT2D eigenvalue weighted by molar-refractivity contribution is -0.143. The molecule has 2 aliphatic carbocycles. The summed E-state index contributed by atoms with van der Waals surface area (Å²) in [5.41, 5.74) is -0.301. The molecule has 0 radical (unpaired) electrons. The van der Waals surface area contributed by atoms with Gasteiger partial charge in [0, 0.05) is 5.92 Å². The summed E-state index contributed by atoms with van der Waals surface area (Å²) in [7, 11) is 0. The Morgan fingerprint density at radius 1 is 1.50 bits per heavy atom. The van der Waals surface area contributed by atoms with Gasteiger partial charge in [0.2, 0.25) is 0 Å². The number of fused-ring (bicyclic) bond motifs is 2. The van der Waals surface area contributed by atoms with Crippen molar-refractivity contribution in [2.24, 2.45) is 11.8 Å².